The minimum Gasteiger partial charge on any atom is -0.462 e. The molecule has 114 valence electrons. The molecule has 0 aromatic rings. The number of nitrogens with zero attached hydrogens (tertiary/aromatic N) is 1. The summed E-state index contributed by atoms with van der Waals surface area (Å²) in [5.41, 5.74) is -0.172. The van der Waals surface area contributed by atoms with Crippen molar-refractivity contribution in [1.82, 2.24) is 10.6 Å². The van der Waals surface area contributed by atoms with Gasteiger partial charge in [0, 0.05) is 12.1 Å². The van der Waals surface area contributed by atoms with E-state index in [0.29, 0.717) is 0 Å². The van der Waals surface area contributed by atoms with E-state index in [-0.39, 0.29) is 35.9 Å². The molecular weight excluding hydrogens is 270 g/mol. The molecule has 1 saturated heterocycles. The maximum Gasteiger partial charge on any atom is 0.351 e. The Kier molecular flexibility index (Phi) is 5.20. The first-order valence-corrected chi connectivity index (χ1v) is 7.56. The average molecular weight is 291 g/mol. The summed E-state index contributed by atoms with van der Waals surface area (Å²) in [6.07, 6.45) is 5.67. The molecule has 2 aliphatic rings. The molecule has 6 nitrogen and oxygen atoms in total. The van der Waals surface area contributed by atoms with Crippen molar-refractivity contribution in [3.05, 3.63) is 11.3 Å². The van der Waals surface area contributed by atoms with Crippen LogP contribution in [-0.4, -0.2) is 30.6 Å². The quantitative estimate of drug-likeness (QED) is 0.351. The van der Waals surface area contributed by atoms with Gasteiger partial charge in [-0.3, -0.25) is 4.79 Å². The van der Waals surface area contributed by atoms with Crippen molar-refractivity contribution in [3.63, 3.8) is 0 Å². The van der Waals surface area contributed by atoms with Gasteiger partial charge >= 0.3 is 5.97 Å². The van der Waals surface area contributed by atoms with E-state index in [0.717, 1.165) is 38.5 Å². The highest BCUT2D eigenvalue weighted by Crippen LogP contribution is 2.23. The molecule has 0 unspecified atom stereocenters. The van der Waals surface area contributed by atoms with Gasteiger partial charge in [-0.15, -0.1) is 0 Å². The minimum atomic E-state index is -0.724. The Labute approximate surface area is 124 Å². The molecule has 21 heavy (non-hydrogen) atoms. The van der Waals surface area contributed by atoms with Crippen molar-refractivity contribution in [2.75, 3.05) is 6.61 Å². The second-order valence-electron chi connectivity index (χ2n) is 5.47. The predicted octanol–water partition coefficient (Wildman–Crippen LogP) is 1.14. The van der Waals surface area contributed by atoms with Crippen LogP contribution in [0.25, 0.3) is 0 Å². The van der Waals surface area contributed by atoms with Gasteiger partial charge in [0.25, 0.3) is 5.91 Å². The molecule has 1 heterocycles. The number of fused-ring (bicyclic) bond motifs is 1. The van der Waals surface area contributed by atoms with Gasteiger partial charge in [-0.25, -0.2) is 4.79 Å². The second-order valence-corrected chi connectivity index (χ2v) is 5.47. The summed E-state index contributed by atoms with van der Waals surface area (Å²) in [5.74, 6) is -1.11. The van der Waals surface area contributed by atoms with Gasteiger partial charge in [0.05, 0.1) is 6.61 Å². The lowest BCUT2D eigenvalue weighted by Crippen LogP contribution is -2.59. The van der Waals surface area contributed by atoms with Crippen molar-refractivity contribution in [3.8, 4) is 6.07 Å². The van der Waals surface area contributed by atoms with Crippen LogP contribution in [0.3, 0.4) is 0 Å². The highest BCUT2D eigenvalue weighted by molar-refractivity contribution is 6.05. The van der Waals surface area contributed by atoms with Crippen molar-refractivity contribution in [2.24, 2.45) is 0 Å². The lowest BCUT2D eigenvalue weighted by atomic mass is 9.88. The van der Waals surface area contributed by atoms with Crippen LogP contribution in [0.1, 0.15) is 45.4 Å². The third-order valence-electron chi connectivity index (χ3n) is 3.94. The van der Waals surface area contributed by atoms with E-state index < -0.39 is 5.97 Å². The van der Waals surface area contributed by atoms with Crippen LogP contribution < -0.4 is 10.6 Å². The number of carbonyl (C=O) groups is 2. The van der Waals surface area contributed by atoms with Crippen LogP contribution in [0.4, 0.5) is 0 Å². The molecule has 0 aromatic carbocycles. The van der Waals surface area contributed by atoms with E-state index in [1.807, 2.05) is 6.92 Å². The van der Waals surface area contributed by atoms with Crippen molar-refractivity contribution in [2.45, 2.75) is 57.5 Å². The zero-order chi connectivity index (χ0) is 15.2. The first-order chi connectivity index (χ1) is 10.2. The fraction of sp³-hybridized carbons (Fsp3) is 0.667. The average Bonchev–Trinajstić information content (AvgIpc) is 2.49. The van der Waals surface area contributed by atoms with Crippen molar-refractivity contribution < 1.29 is 14.3 Å². The van der Waals surface area contributed by atoms with Gasteiger partial charge in [-0.2, -0.15) is 5.26 Å². The van der Waals surface area contributed by atoms with Gasteiger partial charge in [-0.05, 0) is 19.3 Å². The van der Waals surface area contributed by atoms with Gasteiger partial charge in [0.1, 0.15) is 11.8 Å². The molecule has 0 spiro atoms. The van der Waals surface area contributed by atoms with Crippen molar-refractivity contribution in [1.29, 1.82) is 5.26 Å². The molecule has 6 heteroatoms. The molecule has 1 aliphatic heterocycles. The molecular formula is C15H21N3O3. The van der Waals surface area contributed by atoms with E-state index in [1.165, 1.54) is 0 Å². The fourth-order valence-electron chi connectivity index (χ4n) is 2.74. The molecule has 2 N–H and O–H groups in total. The Morgan fingerprint density at radius 1 is 1.33 bits per heavy atom. The first kappa shape index (κ1) is 15.4. The third-order valence-corrected chi connectivity index (χ3v) is 3.94. The van der Waals surface area contributed by atoms with Gasteiger partial charge < -0.3 is 15.4 Å². The summed E-state index contributed by atoms with van der Waals surface area (Å²) in [4.78, 5) is 24.0. The van der Waals surface area contributed by atoms with Gasteiger partial charge in [0.15, 0.2) is 5.57 Å². The lowest BCUT2D eigenvalue weighted by Gasteiger charge is -2.38. The van der Waals surface area contributed by atoms with Crippen LogP contribution in [0.2, 0.25) is 0 Å². The number of amides is 1. The Morgan fingerprint density at radius 2 is 2.00 bits per heavy atom. The second kappa shape index (κ2) is 7.11. The zero-order valence-corrected chi connectivity index (χ0v) is 12.3. The molecule has 0 bridgehead atoms. The van der Waals surface area contributed by atoms with E-state index in [9.17, 15) is 14.9 Å². The van der Waals surface area contributed by atoms with E-state index in [4.69, 9.17) is 4.74 Å². The SMILES string of the molecule is CCCCOC(=O)/C(C#N)=C1\N[C@@H]2CCCC[C@H]2NC1=O. The maximum absolute atomic E-state index is 12.1. The standard InChI is InChI=1S/C15H21N3O3/c1-2-3-8-21-15(20)10(9-16)13-14(19)18-12-7-5-4-6-11(12)17-13/h11-12,17H,2-8H2,1H3,(H,18,19)/b13-10-/t11-,12-/m1/s1. The molecule has 2 fully saturated rings. The molecule has 0 aromatic heterocycles. The highest BCUT2D eigenvalue weighted by Gasteiger charge is 2.36. The third kappa shape index (κ3) is 3.54. The summed E-state index contributed by atoms with van der Waals surface area (Å²) in [7, 11) is 0. The van der Waals surface area contributed by atoms with Crippen LogP contribution in [0, 0.1) is 11.3 Å². The molecule has 2 atom stereocenters. The zero-order valence-electron chi connectivity index (χ0n) is 12.3. The van der Waals surface area contributed by atoms with Gasteiger partial charge in [-0.1, -0.05) is 26.2 Å². The summed E-state index contributed by atoms with van der Waals surface area (Å²) in [5, 5.41) is 15.1. The predicted molar refractivity (Wildman–Crippen MR) is 75.8 cm³/mol. The molecule has 1 saturated carbocycles. The number of esters is 1. The number of carbonyl (C=O) groups excluding carboxylic acids is 2. The number of nitrogens with one attached hydrogen (secondary N) is 2. The molecule has 1 amide bonds. The number of hydrogen-bond donors (Lipinski definition) is 2. The molecule has 0 radical (unpaired) electrons. The summed E-state index contributed by atoms with van der Waals surface area (Å²) in [6.45, 7) is 2.25. The molecule has 1 aliphatic carbocycles. The Morgan fingerprint density at radius 3 is 2.62 bits per heavy atom. The maximum atomic E-state index is 12.1. The summed E-state index contributed by atoms with van der Waals surface area (Å²) in [6, 6.07) is 1.99. The Bertz CT molecular complexity index is 493. The largest absolute Gasteiger partial charge is 0.462 e. The normalized spacial score (nSPS) is 26.8. The van der Waals surface area contributed by atoms with Crippen LogP contribution in [-0.2, 0) is 14.3 Å². The van der Waals surface area contributed by atoms with E-state index >= 15 is 0 Å². The topological polar surface area (TPSA) is 91.2 Å². The van der Waals surface area contributed by atoms with Crippen LogP contribution >= 0.6 is 0 Å². The summed E-state index contributed by atoms with van der Waals surface area (Å²) >= 11 is 0. The number of ether oxygens (including phenoxy) is 1. The Balaban J connectivity index is 2.12. The van der Waals surface area contributed by atoms with Crippen molar-refractivity contribution >= 4 is 11.9 Å². The van der Waals surface area contributed by atoms with Crippen LogP contribution in [0.5, 0.6) is 0 Å². The Hall–Kier alpha value is -2.03. The minimum absolute atomic E-state index is 0.0575. The number of rotatable bonds is 4. The number of piperazine rings is 1. The first-order valence-electron chi connectivity index (χ1n) is 7.56. The van der Waals surface area contributed by atoms with E-state index in [2.05, 4.69) is 10.6 Å². The highest BCUT2D eigenvalue weighted by atomic mass is 16.5. The lowest BCUT2D eigenvalue weighted by molar-refractivity contribution is -0.139. The van der Waals surface area contributed by atoms with Gasteiger partial charge in [0.2, 0.25) is 0 Å². The fourth-order valence-corrected chi connectivity index (χ4v) is 2.74. The van der Waals surface area contributed by atoms with Crippen LogP contribution in [0.15, 0.2) is 11.3 Å². The molecule has 2 rings (SSSR count). The smallest absolute Gasteiger partial charge is 0.351 e. The summed E-state index contributed by atoms with van der Waals surface area (Å²) < 4.78 is 5.03. The number of hydrogen-bond acceptors (Lipinski definition) is 5. The number of nitriles is 1. The van der Waals surface area contributed by atoms with E-state index in [1.54, 1.807) is 6.07 Å². The number of unbranched alkanes of at least 4 members (excludes halogenated alkanes) is 1. The monoisotopic (exact) mass is 291 g/mol.